The monoisotopic (exact) mass is 382 g/mol. The van der Waals surface area contributed by atoms with Crippen LogP contribution in [0.2, 0.25) is 0 Å². The van der Waals surface area contributed by atoms with Gasteiger partial charge >= 0.3 is 0 Å². The highest BCUT2D eigenvalue weighted by Crippen LogP contribution is 2.48. The molecule has 58 valence electrons. The van der Waals surface area contributed by atoms with Crippen LogP contribution in [-0.2, 0) is 0 Å². The summed E-state index contributed by atoms with van der Waals surface area (Å²) in [4.78, 5) is 2.08. The second-order valence-corrected chi connectivity index (χ2v) is 7.55. The minimum atomic E-state index is -0.266. The first-order valence-corrected chi connectivity index (χ1v) is 5.69. The Morgan fingerprint density at radius 2 is 2.20 bits per heavy atom. The summed E-state index contributed by atoms with van der Waals surface area (Å²) in [6.45, 7) is 2.09. The maximum atomic E-state index is 5.93. The lowest BCUT2D eigenvalue weighted by Crippen LogP contribution is -2.41. The maximum absolute atomic E-state index is 5.93. The van der Waals surface area contributed by atoms with Gasteiger partial charge in [0.1, 0.15) is 0 Å². The van der Waals surface area contributed by atoms with Gasteiger partial charge in [0, 0.05) is 12.7 Å². The number of nitrogens with two attached hydrogens (primary N) is 1. The van der Waals surface area contributed by atoms with E-state index in [9.17, 15) is 0 Å². The summed E-state index contributed by atoms with van der Waals surface area (Å²) >= 11 is 6.25. The molecule has 0 fully saturated rings. The SMILES string of the molecule is CC1=C(I)SC(N)(I)N1C. The van der Waals surface area contributed by atoms with Gasteiger partial charge in [-0.05, 0) is 52.1 Å². The summed E-state index contributed by atoms with van der Waals surface area (Å²) in [6.07, 6.45) is 0. The van der Waals surface area contributed by atoms with Crippen molar-refractivity contribution in [3.63, 3.8) is 0 Å². The third kappa shape index (κ3) is 1.56. The molecule has 2 nitrogen and oxygen atoms in total. The lowest BCUT2D eigenvalue weighted by Gasteiger charge is -2.27. The van der Waals surface area contributed by atoms with Crippen molar-refractivity contribution in [2.45, 2.75) is 9.93 Å². The quantitative estimate of drug-likeness (QED) is 0.396. The molecule has 1 aliphatic rings. The molecule has 1 rings (SSSR count). The van der Waals surface area contributed by atoms with Gasteiger partial charge in [-0.1, -0.05) is 11.8 Å². The van der Waals surface area contributed by atoms with Crippen LogP contribution in [0, 0.1) is 0 Å². The van der Waals surface area contributed by atoms with Crippen LogP contribution in [0.3, 0.4) is 0 Å². The molecule has 0 saturated carbocycles. The Balaban J connectivity index is 2.87. The Morgan fingerprint density at radius 1 is 1.70 bits per heavy atom. The molecule has 5 heteroatoms. The van der Waals surface area contributed by atoms with E-state index in [0.29, 0.717) is 0 Å². The van der Waals surface area contributed by atoms with Crippen LogP contribution < -0.4 is 5.73 Å². The van der Waals surface area contributed by atoms with E-state index in [-0.39, 0.29) is 3.00 Å². The molecule has 0 radical (unpaired) electrons. The van der Waals surface area contributed by atoms with Gasteiger partial charge in [-0.25, -0.2) is 0 Å². The second kappa shape index (κ2) is 2.98. The van der Waals surface area contributed by atoms with Crippen molar-refractivity contribution in [2.24, 2.45) is 5.73 Å². The maximum Gasteiger partial charge on any atom is 0.194 e. The molecular weight excluding hydrogens is 374 g/mol. The molecule has 0 amide bonds. The number of alkyl halides is 1. The zero-order valence-corrected chi connectivity index (χ0v) is 10.8. The first-order chi connectivity index (χ1) is 4.45. The molecule has 0 spiro atoms. The topological polar surface area (TPSA) is 29.3 Å². The van der Waals surface area contributed by atoms with Crippen LogP contribution in [0.5, 0.6) is 0 Å². The number of thioether (sulfide) groups is 1. The molecule has 0 aromatic heterocycles. The Labute approximate surface area is 92.3 Å². The van der Waals surface area contributed by atoms with Gasteiger partial charge < -0.3 is 4.90 Å². The van der Waals surface area contributed by atoms with Gasteiger partial charge in [-0.2, -0.15) is 0 Å². The highest BCUT2D eigenvalue weighted by atomic mass is 127. The lowest BCUT2D eigenvalue weighted by molar-refractivity contribution is 0.396. The molecule has 2 N–H and O–H groups in total. The summed E-state index contributed by atoms with van der Waals surface area (Å²) in [6, 6.07) is 0. The highest BCUT2D eigenvalue weighted by molar-refractivity contribution is 14.1. The number of rotatable bonds is 0. The van der Waals surface area contributed by atoms with E-state index in [1.165, 1.54) is 8.61 Å². The van der Waals surface area contributed by atoms with Gasteiger partial charge in [0.25, 0.3) is 0 Å². The number of halogens is 2. The number of nitrogens with zero attached hydrogens (tertiary/aromatic N) is 1. The molecule has 0 bridgehead atoms. The van der Waals surface area contributed by atoms with E-state index in [1.807, 2.05) is 7.05 Å². The summed E-state index contributed by atoms with van der Waals surface area (Å²) in [7, 11) is 2.01. The summed E-state index contributed by atoms with van der Waals surface area (Å²) in [5.74, 6) is 0. The largest absolute Gasteiger partial charge is 0.342 e. The normalized spacial score (nSPS) is 33.9. The minimum absolute atomic E-state index is 0.266. The average molecular weight is 382 g/mol. The zero-order chi connectivity index (χ0) is 7.94. The number of hydrogen-bond acceptors (Lipinski definition) is 3. The molecule has 10 heavy (non-hydrogen) atoms. The van der Waals surface area contributed by atoms with E-state index in [1.54, 1.807) is 11.8 Å². The van der Waals surface area contributed by atoms with Crippen LogP contribution in [-0.4, -0.2) is 14.9 Å². The van der Waals surface area contributed by atoms with Crippen LogP contribution in [0.15, 0.2) is 8.61 Å². The van der Waals surface area contributed by atoms with Crippen molar-refractivity contribution in [1.82, 2.24) is 4.90 Å². The van der Waals surface area contributed by atoms with Crippen molar-refractivity contribution in [1.29, 1.82) is 0 Å². The van der Waals surface area contributed by atoms with Crippen molar-refractivity contribution in [3.8, 4) is 0 Å². The van der Waals surface area contributed by atoms with E-state index in [4.69, 9.17) is 5.73 Å². The molecule has 1 heterocycles. The van der Waals surface area contributed by atoms with Gasteiger partial charge in [-0.15, -0.1) is 0 Å². The summed E-state index contributed by atoms with van der Waals surface area (Å²) < 4.78 is 1.02. The van der Waals surface area contributed by atoms with Gasteiger partial charge in [-0.3, -0.25) is 5.73 Å². The molecule has 0 saturated heterocycles. The number of hydrogen-bond donors (Lipinski definition) is 1. The van der Waals surface area contributed by atoms with Gasteiger partial charge in [0.2, 0.25) is 0 Å². The summed E-state index contributed by atoms with van der Waals surface area (Å²) in [5, 5.41) is 0. The lowest BCUT2D eigenvalue weighted by atomic mass is 10.5. The Hall–Kier alpha value is 1.31. The van der Waals surface area contributed by atoms with E-state index >= 15 is 0 Å². The van der Waals surface area contributed by atoms with Gasteiger partial charge in [0.15, 0.2) is 3.00 Å². The third-order valence-corrected chi connectivity index (χ3v) is 5.34. The Bertz CT molecular complexity index is 190. The van der Waals surface area contributed by atoms with Crippen molar-refractivity contribution in [3.05, 3.63) is 8.61 Å². The smallest absolute Gasteiger partial charge is 0.194 e. The third-order valence-electron chi connectivity index (χ3n) is 1.48. The Morgan fingerprint density at radius 3 is 2.30 bits per heavy atom. The molecule has 0 aliphatic carbocycles. The number of allylic oxidation sites excluding steroid dienone is 1. The molecule has 1 aliphatic heterocycles. The van der Waals surface area contributed by atoms with Crippen LogP contribution >= 0.6 is 56.9 Å². The second-order valence-electron chi connectivity index (χ2n) is 2.13. The van der Waals surface area contributed by atoms with E-state index < -0.39 is 0 Å². The van der Waals surface area contributed by atoms with Crippen molar-refractivity contribution < 1.29 is 0 Å². The first-order valence-electron chi connectivity index (χ1n) is 2.72. The first kappa shape index (κ1) is 9.40. The fourth-order valence-electron chi connectivity index (χ4n) is 0.629. The van der Waals surface area contributed by atoms with Crippen LogP contribution in [0.1, 0.15) is 6.92 Å². The fourth-order valence-corrected chi connectivity index (χ4v) is 5.09. The van der Waals surface area contributed by atoms with Crippen LogP contribution in [0.25, 0.3) is 0 Å². The molecule has 0 aromatic rings. The predicted molar refractivity (Wildman–Crippen MR) is 63.0 cm³/mol. The molecule has 1 unspecified atom stereocenters. The van der Waals surface area contributed by atoms with Gasteiger partial charge in [0.05, 0.1) is 2.91 Å². The average Bonchev–Trinajstić information content (AvgIpc) is 1.95. The Kier molecular flexibility index (Phi) is 2.80. The summed E-state index contributed by atoms with van der Waals surface area (Å²) in [5.41, 5.74) is 7.20. The highest BCUT2D eigenvalue weighted by Gasteiger charge is 2.35. The predicted octanol–water partition coefficient (Wildman–Crippen LogP) is 2.29. The molecular formula is C5H8I2N2S. The standard InChI is InChI=1S/C5H8I2N2S/c1-3-4(6)10-5(7,8)9(3)2/h8H2,1-2H3. The van der Waals surface area contributed by atoms with Crippen molar-refractivity contribution in [2.75, 3.05) is 7.05 Å². The minimum Gasteiger partial charge on any atom is -0.342 e. The van der Waals surface area contributed by atoms with Crippen molar-refractivity contribution >= 4 is 56.9 Å². The van der Waals surface area contributed by atoms with E-state index in [0.717, 1.165) is 0 Å². The fraction of sp³-hybridized carbons (Fsp3) is 0.600. The zero-order valence-electron chi connectivity index (χ0n) is 5.69. The molecule has 0 aromatic carbocycles. The van der Waals surface area contributed by atoms with E-state index in [2.05, 4.69) is 57.0 Å². The molecule has 1 atom stereocenters. The van der Waals surface area contributed by atoms with Crippen LogP contribution in [0.4, 0.5) is 0 Å².